The van der Waals surface area contributed by atoms with Gasteiger partial charge in [-0.25, -0.2) is 0 Å². The molecule has 0 radical (unpaired) electrons. The monoisotopic (exact) mass is 365 g/mol. The lowest BCUT2D eigenvalue weighted by atomic mass is 10.1. The number of nitrogens with zero attached hydrogens (tertiary/aromatic N) is 1. The average Bonchev–Trinajstić information content (AvgIpc) is 2.79. The van der Waals surface area contributed by atoms with Gasteiger partial charge in [-0.15, -0.1) is 0 Å². The highest BCUT2D eigenvalue weighted by Gasteiger charge is 2.34. The van der Waals surface area contributed by atoms with Crippen LogP contribution in [0.15, 0.2) is 0 Å². The Morgan fingerprint density at radius 2 is 2.05 bits per heavy atom. The van der Waals surface area contributed by atoms with E-state index in [1.807, 2.05) is 13.8 Å². The zero-order chi connectivity index (χ0) is 17.3. The third-order valence-corrected chi connectivity index (χ3v) is 10.5. The zero-order valence-electron chi connectivity index (χ0n) is 14.7. The van der Waals surface area contributed by atoms with E-state index in [-0.39, 0.29) is 12.3 Å². The van der Waals surface area contributed by atoms with Crippen LogP contribution < -0.4 is 0 Å². The van der Waals surface area contributed by atoms with Gasteiger partial charge in [-0.2, -0.15) is 0 Å². The molecule has 1 saturated heterocycles. The maximum Gasteiger partial charge on any atom is 0.308 e. The summed E-state index contributed by atoms with van der Waals surface area (Å²) in [5.41, 5.74) is 0. The van der Waals surface area contributed by atoms with Crippen LogP contribution in [0.5, 0.6) is 0 Å². The van der Waals surface area contributed by atoms with Gasteiger partial charge in [-0.3, -0.25) is 9.59 Å². The van der Waals surface area contributed by atoms with Crippen molar-refractivity contribution in [3.63, 3.8) is 0 Å². The van der Waals surface area contributed by atoms with Crippen LogP contribution in [0.3, 0.4) is 0 Å². The van der Waals surface area contributed by atoms with Crippen molar-refractivity contribution in [1.82, 2.24) is 4.90 Å². The van der Waals surface area contributed by atoms with E-state index in [4.69, 9.17) is 13.3 Å². The van der Waals surface area contributed by atoms with Gasteiger partial charge in [0, 0.05) is 25.6 Å². The highest BCUT2D eigenvalue weighted by Crippen LogP contribution is 2.19. The first kappa shape index (κ1) is 21.5. The molecule has 0 aromatic heterocycles. The summed E-state index contributed by atoms with van der Waals surface area (Å²) in [6, 6.07) is 0.753. The molecular formula is C13H31NO5Si3. The second-order valence-electron chi connectivity index (χ2n) is 5.98. The number of aliphatic carboxylic acids is 1. The van der Waals surface area contributed by atoms with Crippen LogP contribution in [-0.4, -0.2) is 62.3 Å². The first-order valence-corrected chi connectivity index (χ1v) is 15.2. The van der Waals surface area contributed by atoms with Crippen molar-refractivity contribution < 1.29 is 22.9 Å². The molecule has 0 spiro atoms. The summed E-state index contributed by atoms with van der Waals surface area (Å²) < 4.78 is 11.9. The summed E-state index contributed by atoms with van der Waals surface area (Å²) >= 11 is 0. The van der Waals surface area contributed by atoms with Crippen LogP contribution in [0.2, 0.25) is 32.2 Å². The van der Waals surface area contributed by atoms with Crippen LogP contribution in [0.4, 0.5) is 0 Å². The molecule has 130 valence electrons. The minimum Gasteiger partial charge on any atom is -0.481 e. The molecular weight excluding hydrogens is 334 g/mol. The summed E-state index contributed by atoms with van der Waals surface area (Å²) in [7, 11) is -3.85. The molecule has 1 fully saturated rings. The van der Waals surface area contributed by atoms with Crippen molar-refractivity contribution in [3.05, 3.63) is 0 Å². The highest BCUT2D eigenvalue weighted by atomic mass is 28.4. The van der Waals surface area contributed by atoms with E-state index in [0.717, 1.165) is 6.04 Å². The minimum absolute atomic E-state index is 0.0631. The number of amides is 1. The SMILES string of the molecule is CC.C[SiH2]O[SiH](CCN1CC(C(=O)O)CC1=O)O[Si](C)(C)C. The molecule has 1 amide bonds. The first-order chi connectivity index (χ1) is 10.2. The fourth-order valence-electron chi connectivity index (χ4n) is 2.17. The topological polar surface area (TPSA) is 76.1 Å². The Kier molecular flexibility index (Phi) is 10.1. The van der Waals surface area contributed by atoms with Crippen LogP contribution in [-0.2, 0) is 17.8 Å². The molecule has 1 aliphatic heterocycles. The van der Waals surface area contributed by atoms with Gasteiger partial charge in [-0.1, -0.05) is 20.4 Å². The van der Waals surface area contributed by atoms with Crippen molar-refractivity contribution >= 4 is 39.2 Å². The fourth-order valence-corrected chi connectivity index (χ4v) is 9.36. The Labute approximate surface area is 139 Å². The fraction of sp³-hybridized carbons (Fsp3) is 0.846. The Balaban J connectivity index is 0.00000211. The predicted octanol–water partition coefficient (Wildman–Crippen LogP) is 1.17. The standard InChI is InChI=1S/C11H25NO5Si3.C2H6/c1-18-16-19(17-20(2,3)4)6-5-12-8-9(11(14)15)7-10(12)13;1-2/h9,19H,5-8,18H2,1-4H3,(H,14,15);1-2H3. The molecule has 0 aromatic carbocycles. The molecule has 1 N–H and O–H groups in total. The Bertz CT molecular complexity index is 362. The van der Waals surface area contributed by atoms with E-state index in [1.165, 1.54) is 0 Å². The molecule has 2 atom stereocenters. The van der Waals surface area contributed by atoms with Gasteiger partial charge in [-0.05, 0) is 19.6 Å². The lowest BCUT2D eigenvalue weighted by Gasteiger charge is -2.27. The smallest absolute Gasteiger partial charge is 0.308 e. The van der Waals surface area contributed by atoms with E-state index in [0.29, 0.717) is 13.1 Å². The van der Waals surface area contributed by atoms with E-state index in [2.05, 4.69) is 26.2 Å². The number of carbonyl (C=O) groups excluding carboxylic acids is 1. The van der Waals surface area contributed by atoms with Gasteiger partial charge in [0.2, 0.25) is 5.91 Å². The third kappa shape index (κ3) is 8.22. The number of likely N-dealkylation sites (tertiary alicyclic amines) is 1. The quantitative estimate of drug-likeness (QED) is 0.653. The Hall–Kier alpha value is -0.489. The summed E-state index contributed by atoms with van der Waals surface area (Å²) in [5, 5.41) is 8.95. The lowest BCUT2D eigenvalue weighted by Crippen LogP contribution is -2.40. The number of carboxylic acid groups (broad SMARTS) is 1. The molecule has 1 aliphatic rings. The molecule has 1 rings (SSSR count). The Morgan fingerprint density at radius 3 is 2.45 bits per heavy atom. The van der Waals surface area contributed by atoms with Crippen LogP contribution in [0.25, 0.3) is 0 Å². The van der Waals surface area contributed by atoms with Gasteiger partial charge < -0.3 is 18.2 Å². The van der Waals surface area contributed by atoms with Crippen molar-refractivity contribution in [3.8, 4) is 0 Å². The number of carboxylic acids is 1. The van der Waals surface area contributed by atoms with Crippen molar-refractivity contribution in [2.24, 2.45) is 5.92 Å². The molecule has 9 heteroatoms. The van der Waals surface area contributed by atoms with E-state index in [9.17, 15) is 9.59 Å². The zero-order valence-corrected chi connectivity index (χ0v) is 18.3. The minimum atomic E-state index is -1.71. The largest absolute Gasteiger partial charge is 0.481 e. The molecule has 2 unspecified atom stereocenters. The number of hydrogen-bond acceptors (Lipinski definition) is 4. The van der Waals surface area contributed by atoms with Gasteiger partial charge in [0.25, 0.3) is 0 Å². The highest BCUT2D eigenvalue weighted by molar-refractivity contribution is 6.76. The molecule has 6 nitrogen and oxygen atoms in total. The number of carbonyl (C=O) groups is 2. The Morgan fingerprint density at radius 1 is 1.45 bits per heavy atom. The summed E-state index contributed by atoms with van der Waals surface area (Å²) in [6.45, 7) is 13.4. The van der Waals surface area contributed by atoms with Gasteiger partial charge >= 0.3 is 15.3 Å². The maximum atomic E-state index is 11.8. The molecule has 0 bridgehead atoms. The average molecular weight is 366 g/mol. The number of rotatable bonds is 8. The van der Waals surface area contributed by atoms with Gasteiger partial charge in [0.1, 0.15) is 9.76 Å². The van der Waals surface area contributed by atoms with E-state index < -0.39 is 39.3 Å². The lowest BCUT2D eigenvalue weighted by molar-refractivity contribution is -0.141. The second kappa shape index (κ2) is 10.3. The van der Waals surface area contributed by atoms with E-state index in [1.54, 1.807) is 4.90 Å². The predicted molar refractivity (Wildman–Crippen MR) is 95.6 cm³/mol. The van der Waals surface area contributed by atoms with Crippen LogP contribution in [0, 0.1) is 5.92 Å². The molecule has 0 aliphatic carbocycles. The normalized spacial score (nSPS) is 20.2. The molecule has 1 heterocycles. The number of hydrogen-bond donors (Lipinski definition) is 1. The van der Waals surface area contributed by atoms with Gasteiger partial charge in [0.05, 0.1) is 5.92 Å². The van der Waals surface area contributed by atoms with E-state index >= 15 is 0 Å². The van der Waals surface area contributed by atoms with Crippen molar-refractivity contribution in [2.45, 2.75) is 52.5 Å². The summed E-state index contributed by atoms with van der Waals surface area (Å²) in [4.78, 5) is 24.3. The first-order valence-electron chi connectivity index (χ1n) is 8.03. The van der Waals surface area contributed by atoms with Crippen molar-refractivity contribution in [2.75, 3.05) is 13.1 Å². The summed E-state index contributed by atoms with van der Waals surface area (Å²) in [5.74, 6) is -1.50. The molecule has 22 heavy (non-hydrogen) atoms. The maximum absolute atomic E-state index is 11.8. The van der Waals surface area contributed by atoms with Crippen LogP contribution in [0.1, 0.15) is 20.3 Å². The second-order valence-corrected chi connectivity index (χ2v) is 14.5. The molecule has 0 aromatic rings. The van der Waals surface area contributed by atoms with Gasteiger partial charge in [0.15, 0.2) is 8.32 Å². The summed E-state index contributed by atoms with van der Waals surface area (Å²) in [6.07, 6.45) is 0.125. The molecule has 0 saturated carbocycles. The van der Waals surface area contributed by atoms with Crippen LogP contribution >= 0.6 is 0 Å². The van der Waals surface area contributed by atoms with Crippen molar-refractivity contribution in [1.29, 1.82) is 0 Å². The third-order valence-electron chi connectivity index (χ3n) is 3.04.